The van der Waals surface area contributed by atoms with Crippen molar-refractivity contribution in [2.24, 2.45) is 0 Å². The molecule has 0 atom stereocenters. The maximum Gasteiger partial charge on any atom is 0.353 e. The lowest BCUT2D eigenvalue weighted by Crippen LogP contribution is -2.01. The third-order valence-electron chi connectivity index (χ3n) is 4.52. The Balaban J connectivity index is 1.59. The molecule has 0 saturated heterocycles. The number of benzene rings is 3. The molecule has 0 aliphatic carbocycles. The first-order chi connectivity index (χ1) is 14.7. The summed E-state index contributed by atoms with van der Waals surface area (Å²) in [5, 5.41) is 15.7. The molecule has 0 aliphatic rings. The van der Waals surface area contributed by atoms with Crippen molar-refractivity contribution in [1.29, 1.82) is 0 Å². The van der Waals surface area contributed by atoms with Crippen LogP contribution >= 0.6 is 0 Å². The highest BCUT2D eigenvalue weighted by atomic mass is 16.5. The molecule has 1 heterocycles. The van der Waals surface area contributed by atoms with E-state index in [9.17, 15) is 4.79 Å². The first kappa shape index (κ1) is 19.3. The third kappa shape index (κ3) is 4.67. The molecular weight excluding hydrogens is 380 g/mol. The van der Waals surface area contributed by atoms with Crippen LogP contribution in [-0.2, 0) is 13.2 Å². The second-order valence-electron chi connectivity index (χ2n) is 6.68. The number of aromatic amines is 1. The van der Waals surface area contributed by atoms with Crippen molar-refractivity contribution in [2.45, 2.75) is 13.2 Å². The first-order valence-corrected chi connectivity index (χ1v) is 9.45. The lowest BCUT2D eigenvalue weighted by molar-refractivity contribution is 0.0690. The van der Waals surface area contributed by atoms with Crippen molar-refractivity contribution in [1.82, 2.24) is 10.2 Å². The van der Waals surface area contributed by atoms with E-state index in [-0.39, 0.29) is 5.69 Å². The minimum atomic E-state index is -1.06. The van der Waals surface area contributed by atoms with Gasteiger partial charge in [0.2, 0.25) is 0 Å². The molecule has 0 saturated carbocycles. The van der Waals surface area contributed by atoms with Crippen molar-refractivity contribution >= 4 is 5.97 Å². The SMILES string of the molecule is O=C(O)c1cc(-c2ccc(OCc3ccccc3)c(OCc3ccccc3)c2)n[nH]1. The van der Waals surface area contributed by atoms with Gasteiger partial charge in [0.1, 0.15) is 18.9 Å². The van der Waals surface area contributed by atoms with Crippen LogP contribution in [-0.4, -0.2) is 21.3 Å². The molecule has 30 heavy (non-hydrogen) atoms. The van der Waals surface area contributed by atoms with Gasteiger partial charge in [-0.05, 0) is 35.4 Å². The average molecular weight is 400 g/mol. The number of hydrogen-bond donors (Lipinski definition) is 2. The zero-order valence-corrected chi connectivity index (χ0v) is 16.1. The Bertz CT molecular complexity index is 1120. The average Bonchev–Trinajstić information content (AvgIpc) is 3.29. The van der Waals surface area contributed by atoms with Crippen LogP contribution in [0.2, 0.25) is 0 Å². The quantitative estimate of drug-likeness (QED) is 0.438. The summed E-state index contributed by atoms with van der Waals surface area (Å²) in [5.41, 5.74) is 3.36. The van der Waals surface area contributed by atoms with Gasteiger partial charge in [0.05, 0.1) is 5.69 Å². The van der Waals surface area contributed by atoms with E-state index < -0.39 is 5.97 Å². The molecule has 0 spiro atoms. The molecule has 150 valence electrons. The highest BCUT2D eigenvalue weighted by Gasteiger charge is 2.13. The Morgan fingerprint density at radius 3 is 1.97 bits per heavy atom. The summed E-state index contributed by atoms with van der Waals surface area (Å²) >= 11 is 0. The molecule has 0 amide bonds. The maximum absolute atomic E-state index is 11.1. The van der Waals surface area contributed by atoms with Crippen LogP contribution in [0.25, 0.3) is 11.3 Å². The lowest BCUT2D eigenvalue weighted by atomic mass is 10.1. The predicted octanol–water partition coefficient (Wildman–Crippen LogP) is 4.93. The van der Waals surface area contributed by atoms with Gasteiger partial charge in [-0.15, -0.1) is 0 Å². The number of rotatable bonds is 8. The number of ether oxygens (including phenoxy) is 2. The van der Waals surface area contributed by atoms with E-state index in [1.807, 2.05) is 78.9 Å². The molecule has 0 bridgehead atoms. The Hall–Kier alpha value is -4.06. The van der Waals surface area contributed by atoms with Gasteiger partial charge in [0.15, 0.2) is 11.5 Å². The highest BCUT2D eigenvalue weighted by Crippen LogP contribution is 2.33. The number of aromatic nitrogens is 2. The van der Waals surface area contributed by atoms with E-state index in [4.69, 9.17) is 14.6 Å². The monoisotopic (exact) mass is 400 g/mol. The normalized spacial score (nSPS) is 10.5. The number of carboxylic acids is 1. The maximum atomic E-state index is 11.1. The van der Waals surface area contributed by atoms with E-state index >= 15 is 0 Å². The minimum Gasteiger partial charge on any atom is -0.485 e. The molecule has 1 aromatic heterocycles. The van der Waals surface area contributed by atoms with Gasteiger partial charge in [-0.25, -0.2) is 4.79 Å². The number of H-pyrrole nitrogens is 1. The number of carbonyl (C=O) groups is 1. The van der Waals surface area contributed by atoms with Gasteiger partial charge in [-0.2, -0.15) is 5.10 Å². The molecule has 4 rings (SSSR count). The Morgan fingerprint density at radius 1 is 0.800 bits per heavy atom. The smallest absolute Gasteiger partial charge is 0.353 e. The summed E-state index contributed by atoms with van der Waals surface area (Å²) in [6, 6.07) is 26.7. The zero-order chi connectivity index (χ0) is 20.8. The number of hydrogen-bond acceptors (Lipinski definition) is 4. The van der Waals surface area contributed by atoms with Crippen LogP contribution in [0.15, 0.2) is 84.9 Å². The van der Waals surface area contributed by atoms with E-state index in [1.165, 1.54) is 6.07 Å². The molecule has 2 N–H and O–H groups in total. The van der Waals surface area contributed by atoms with E-state index in [0.717, 1.165) is 16.7 Å². The van der Waals surface area contributed by atoms with Crippen molar-refractivity contribution in [2.75, 3.05) is 0 Å². The molecule has 3 aromatic carbocycles. The second kappa shape index (κ2) is 8.96. The van der Waals surface area contributed by atoms with Crippen LogP contribution in [0.3, 0.4) is 0 Å². The van der Waals surface area contributed by atoms with E-state index in [1.54, 1.807) is 0 Å². The van der Waals surface area contributed by atoms with Crippen molar-refractivity contribution in [3.8, 4) is 22.8 Å². The summed E-state index contributed by atoms with van der Waals surface area (Å²) in [7, 11) is 0. The van der Waals surface area contributed by atoms with Crippen LogP contribution in [0.5, 0.6) is 11.5 Å². The minimum absolute atomic E-state index is 0.0289. The Kier molecular flexibility index (Phi) is 5.75. The standard InChI is InChI=1S/C24H20N2O4/c27-24(28)21-14-20(25-26-21)19-11-12-22(29-15-17-7-3-1-4-8-17)23(13-19)30-16-18-9-5-2-6-10-18/h1-14H,15-16H2,(H,25,26)(H,27,28). The molecule has 4 aromatic rings. The summed E-state index contributed by atoms with van der Waals surface area (Å²) in [5.74, 6) is 0.108. The predicted molar refractivity (Wildman–Crippen MR) is 113 cm³/mol. The van der Waals surface area contributed by atoms with Gasteiger partial charge in [-0.3, -0.25) is 5.10 Å². The summed E-state index contributed by atoms with van der Waals surface area (Å²) in [6.45, 7) is 0.792. The van der Waals surface area contributed by atoms with Gasteiger partial charge in [-0.1, -0.05) is 60.7 Å². The number of nitrogens with one attached hydrogen (secondary N) is 1. The fraction of sp³-hybridized carbons (Fsp3) is 0.0833. The molecule has 0 radical (unpaired) electrons. The van der Waals surface area contributed by atoms with Crippen molar-refractivity contribution < 1.29 is 19.4 Å². The number of carboxylic acid groups (broad SMARTS) is 1. The van der Waals surface area contributed by atoms with Gasteiger partial charge < -0.3 is 14.6 Å². The molecule has 0 aliphatic heterocycles. The molecule has 6 nitrogen and oxygen atoms in total. The van der Waals surface area contributed by atoms with Crippen LogP contribution in [0.4, 0.5) is 0 Å². The first-order valence-electron chi connectivity index (χ1n) is 9.45. The fourth-order valence-electron chi connectivity index (χ4n) is 2.95. The molecule has 6 heteroatoms. The van der Waals surface area contributed by atoms with Crippen LogP contribution < -0.4 is 9.47 Å². The fourth-order valence-corrected chi connectivity index (χ4v) is 2.95. The largest absolute Gasteiger partial charge is 0.485 e. The Morgan fingerprint density at radius 2 is 1.40 bits per heavy atom. The van der Waals surface area contributed by atoms with Gasteiger partial charge in [0.25, 0.3) is 0 Å². The lowest BCUT2D eigenvalue weighted by Gasteiger charge is -2.14. The Labute approximate surface area is 173 Å². The highest BCUT2D eigenvalue weighted by molar-refractivity contribution is 5.86. The topological polar surface area (TPSA) is 84.4 Å². The van der Waals surface area contributed by atoms with E-state index in [2.05, 4.69) is 10.2 Å². The number of aromatic carboxylic acids is 1. The molecule has 0 fully saturated rings. The summed E-state index contributed by atoms with van der Waals surface area (Å²) in [6.07, 6.45) is 0. The summed E-state index contributed by atoms with van der Waals surface area (Å²) < 4.78 is 12.0. The van der Waals surface area contributed by atoms with Crippen molar-refractivity contribution in [3.05, 3.63) is 102 Å². The summed E-state index contributed by atoms with van der Waals surface area (Å²) in [4.78, 5) is 11.1. The van der Waals surface area contributed by atoms with Gasteiger partial charge >= 0.3 is 5.97 Å². The van der Waals surface area contributed by atoms with E-state index in [0.29, 0.717) is 30.4 Å². The molecular formula is C24H20N2O4. The van der Waals surface area contributed by atoms with Gasteiger partial charge in [0, 0.05) is 5.56 Å². The zero-order valence-electron chi connectivity index (χ0n) is 16.1. The second-order valence-corrected chi connectivity index (χ2v) is 6.68. The third-order valence-corrected chi connectivity index (χ3v) is 4.52. The van der Waals surface area contributed by atoms with Crippen LogP contribution in [0, 0.1) is 0 Å². The van der Waals surface area contributed by atoms with Crippen LogP contribution in [0.1, 0.15) is 21.6 Å². The number of nitrogens with zero attached hydrogens (tertiary/aromatic N) is 1. The van der Waals surface area contributed by atoms with Crippen molar-refractivity contribution in [3.63, 3.8) is 0 Å². The molecule has 0 unspecified atom stereocenters.